The van der Waals surface area contributed by atoms with Crippen LogP contribution in [0.25, 0.3) is 5.57 Å². The topological polar surface area (TPSA) is 29.0 Å². The fourth-order valence-electron chi connectivity index (χ4n) is 2.02. The van der Waals surface area contributed by atoms with Gasteiger partial charge in [0, 0.05) is 13.1 Å². The second-order valence-electron chi connectivity index (χ2n) is 4.42. The minimum Gasteiger partial charge on any atom is -0.302 e. The van der Waals surface area contributed by atoms with E-state index >= 15 is 0 Å². The molecular weight excluding hydrogens is 218 g/mol. The summed E-state index contributed by atoms with van der Waals surface area (Å²) in [5, 5.41) is 0. The first kappa shape index (κ1) is 11.7. The lowest BCUT2D eigenvalue weighted by Crippen LogP contribution is -2.25. The molecule has 2 heterocycles. The molecule has 0 N–H and O–H groups in total. The van der Waals surface area contributed by atoms with E-state index in [4.69, 9.17) is 0 Å². The SMILES string of the molecule is CCCCc1nsnc1C1=CCCN(C)C1. The van der Waals surface area contributed by atoms with Crippen molar-refractivity contribution < 1.29 is 0 Å². The quantitative estimate of drug-likeness (QED) is 0.806. The van der Waals surface area contributed by atoms with Crippen LogP contribution in [0.2, 0.25) is 0 Å². The first-order chi connectivity index (χ1) is 7.81. The first-order valence-corrected chi connectivity index (χ1v) is 6.73. The molecule has 1 aliphatic heterocycles. The number of hydrogen-bond acceptors (Lipinski definition) is 4. The Balaban J connectivity index is 2.13. The number of rotatable bonds is 4. The van der Waals surface area contributed by atoms with Crippen molar-refractivity contribution in [2.24, 2.45) is 0 Å². The number of nitrogens with zero attached hydrogens (tertiary/aromatic N) is 3. The molecule has 0 saturated heterocycles. The molecule has 88 valence electrons. The van der Waals surface area contributed by atoms with Gasteiger partial charge in [-0.2, -0.15) is 8.75 Å². The molecule has 1 aliphatic rings. The highest BCUT2D eigenvalue weighted by atomic mass is 32.1. The third-order valence-corrected chi connectivity index (χ3v) is 3.54. The Bertz CT molecular complexity index is 370. The van der Waals surface area contributed by atoms with E-state index < -0.39 is 0 Å². The molecule has 4 heteroatoms. The lowest BCUT2D eigenvalue weighted by Gasteiger charge is -2.22. The molecule has 0 fully saturated rings. The molecule has 0 radical (unpaired) electrons. The number of likely N-dealkylation sites (N-methyl/N-ethyl adjacent to an activating group) is 1. The summed E-state index contributed by atoms with van der Waals surface area (Å²) in [6, 6.07) is 0. The van der Waals surface area contributed by atoms with Gasteiger partial charge >= 0.3 is 0 Å². The Hall–Kier alpha value is -0.740. The van der Waals surface area contributed by atoms with Crippen LogP contribution in [0.3, 0.4) is 0 Å². The predicted octanol–water partition coefficient (Wildman–Crippen LogP) is 2.60. The summed E-state index contributed by atoms with van der Waals surface area (Å²) in [5.74, 6) is 0. The molecule has 0 atom stereocenters. The van der Waals surface area contributed by atoms with Crippen molar-refractivity contribution in [1.82, 2.24) is 13.6 Å². The second kappa shape index (κ2) is 5.55. The third kappa shape index (κ3) is 2.68. The Morgan fingerprint density at radius 2 is 2.31 bits per heavy atom. The maximum absolute atomic E-state index is 4.46. The summed E-state index contributed by atoms with van der Waals surface area (Å²) in [6.07, 6.45) is 6.96. The molecule has 16 heavy (non-hydrogen) atoms. The van der Waals surface area contributed by atoms with Gasteiger partial charge in [-0.3, -0.25) is 0 Å². The molecule has 1 aromatic heterocycles. The standard InChI is InChI=1S/C12H19N3S/c1-3-4-7-11-12(14-16-13-11)10-6-5-8-15(2)9-10/h6H,3-5,7-9H2,1-2H3. The van der Waals surface area contributed by atoms with Crippen molar-refractivity contribution in [3.05, 3.63) is 17.5 Å². The molecule has 2 rings (SSSR count). The number of hydrogen-bond donors (Lipinski definition) is 0. The zero-order chi connectivity index (χ0) is 11.4. The summed E-state index contributed by atoms with van der Waals surface area (Å²) < 4.78 is 8.89. The maximum Gasteiger partial charge on any atom is 0.104 e. The van der Waals surface area contributed by atoms with Crippen LogP contribution in [0, 0.1) is 0 Å². The Labute approximate surface area is 102 Å². The Kier molecular flexibility index (Phi) is 4.07. The second-order valence-corrected chi connectivity index (χ2v) is 4.95. The zero-order valence-electron chi connectivity index (χ0n) is 10.1. The van der Waals surface area contributed by atoms with E-state index in [9.17, 15) is 0 Å². The third-order valence-electron chi connectivity index (χ3n) is 2.97. The van der Waals surface area contributed by atoms with Crippen LogP contribution < -0.4 is 0 Å². The van der Waals surface area contributed by atoms with Gasteiger partial charge in [0.15, 0.2) is 0 Å². The molecule has 0 amide bonds. The molecule has 0 unspecified atom stereocenters. The van der Waals surface area contributed by atoms with E-state index in [0.29, 0.717) is 0 Å². The highest BCUT2D eigenvalue weighted by Crippen LogP contribution is 2.22. The van der Waals surface area contributed by atoms with Crippen LogP contribution in [0.4, 0.5) is 0 Å². The number of aryl methyl sites for hydroxylation is 1. The van der Waals surface area contributed by atoms with Gasteiger partial charge in [-0.05, 0) is 31.9 Å². The van der Waals surface area contributed by atoms with Crippen molar-refractivity contribution in [2.45, 2.75) is 32.6 Å². The lowest BCUT2D eigenvalue weighted by molar-refractivity contribution is 0.372. The molecule has 0 bridgehead atoms. The summed E-state index contributed by atoms with van der Waals surface area (Å²) >= 11 is 1.35. The van der Waals surface area contributed by atoms with E-state index in [1.54, 1.807) is 0 Å². The summed E-state index contributed by atoms with van der Waals surface area (Å²) in [7, 11) is 2.17. The van der Waals surface area contributed by atoms with E-state index in [2.05, 4.69) is 33.7 Å². The van der Waals surface area contributed by atoms with Gasteiger partial charge in [0.2, 0.25) is 0 Å². The minimum atomic E-state index is 1.02. The highest BCUT2D eigenvalue weighted by Gasteiger charge is 2.16. The molecule has 0 aromatic carbocycles. The van der Waals surface area contributed by atoms with Crippen LogP contribution in [-0.4, -0.2) is 33.8 Å². The van der Waals surface area contributed by atoms with Gasteiger partial charge in [-0.15, -0.1) is 0 Å². The fourth-order valence-corrected chi connectivity index (χ4v) is 2.65. The average molecular weight is 237 g/mol. The molecule has 0 spiro atoms. The first-order valence-electron chi connectivity index (χ1n) is 6.00. The van der Waals surface area contributed by atoms with Crippen LogP contribution in [0.5, 0.6) is 0 Å². The zero-order valence-corrected chi connectivity index (χ0v) is 10.9. The number of unbranched alkanes of at least 4 members (excludes halogenated alkanes) is 1. The minimum absolute atomic E-state index is 1.02. The van der Waals surface area contributed by atoms with Gasteiger partial charge in [0.1, 0.15) is 5.69 Å². The van der Waals surface area contributed by atoms with Gasteiger partial charge < -0.3 is 4.90 Å². The fraction of sp³-hybridized carbons (Fsp3) is 0.667. The average Bonchev–Trinajstić information content (AvgIpc) is 2.74. The molecule has 0 aliphatic carbocycles. The predicted molar refractivity (Wildman–Crippen MR) is 68.6 cm³/mol. The van der Waals surface area contributed by atoms with Crippen molar-refractivity contribution in [1.29, 1.82) is 0 Å². The molecular formula is C12H19N3S. The van der Waals surface area contributed by atoms with Crippen LogP contribution >= 0.6 is 11.7 Å². The van der Waals surface area contributed by atoms with Crippen molar-refractivity contribution in [2.75, 3.05) is 20.1 Å². The van der Waals surface area contributed by atoms with Gasteiger partial charge in [0.25, 0.3) is 0 Å². The smallest absolute Gasteiger partial charge is 0.104 e. The summed E-state index contributed by atoms with van der Waals surface area (Å²) in [6.45, 7) is 4.39. The Morgan fingerprint density at radius 3 is 3.06 bits per heavy atom. The summed E-state index contributed by atoms with van der Waals surface area (Å²) in [5.41, 5.74) is 3.73. The monoisotopic (exact) mass is 237 g/mol. The van der Waals surface area contributed by atoms with Crippen LogP contribution in [0.1, 0.15) is 37.6 Å². The van der Waals surface area contributed by atoms with Gasteiger partial charge in [0.05, 0.1) is 17.4 Å². The Morgan fingerprint density at radius 1 is 1.44 bits per heavy atom. The van der Waals surface area contributed by atoms with E-state index in [-0.39, 0.29) is 0 Å². The largest absolute Gasteiger partial charge is 0.302 e. The van der Waals surface area contributed by atoms with Crippen LogP contribution in [-0.2, 0) is 6.42 Å². The van der Waals surface area contributed by atoms with E-state index in [0.717, 1.165) is 31.6 Å². The highest BCUT2D eigenvalue weighted by molar-refractivity contribution is 6.99. The summed E-state index contributed by atoms with van der Waals surface area (Å²) in [4.78, 5) is 2.35. The number of aromatic nitrogens is 2. The van der Waals surface area contributed by atoms with Crippen molar-refractivity contribution in [3.63, 3.8) is 0 Å². The van der Waals surface area contributed by atoms with E-state index in [1.165, 1.54) is 35.8 Å². The van der Waals surface area contributed by atoms with Gasteiger partial charge in [-0.1, -0.05) is 19.4 Å². The molecule has 3 nitrogen and oxygen atoms in total. The van der Waals surface area contributed by atoms with Crippen LogP contribution in [0.15, 0.2) is 6.08 Å². The molecule has 0 saturated carbocycles. The lowest BCUT2D eigenvalue weighted by atomic mass is 10.0. The maximum atomic E-state index is 4.46. The van der Waals surface area contributed by atoms with Gasteiger partial charge in [-0.25, -0.2) is 0 Å². The molecule has 1 aromatic rings. The normalized spacial score (nSPS) is 17.5. The van der Waals surface area contributed by atoms with E-state index in [1.807, 2.05) is 0 Å². The van der Waals surface area contributed by atoms with Crippen molar-refractivity contribution in [3.8, 4) is 0 Å². The van der Waals surface area contributed by atoms with Crippen molar-refractivity contribution >= 4 is 17.3 Å².